The fraction of sp³-hybridized carbons (Fsp3) is 0.500. The summed E-state index contributed by atoms with van der Waals surface area (Å²) in [4.78, 5) is 39.0. The van der Waals surface area contributed by atoms with E-state index in [0.717, 1.165) is 9.80 Å². The highest BCUT2D eigenvalue weighted by molar-refractivity contribution is 5.78. The number of hydrogen-bond acceptors (Lipinski definition) is 9. The Morgan fingerprint density at radius 2 is 1.55 bits per heavy atom. The topological polar surface area (TPSA) is 172 Å². The highest BCUT2D eigenvalue weighted by Crippen LogP contribution is 2.02. The standard InChI is InChI=1S/C10H18N4O8/c1-7(22-21)14(5-9(16)12-20)3-2-13(6-10(17)18)4-8(15)11-19/h19-21H,1-6H2,(H,11,15)(H,12,16)(H,17,18). The smallest absolute Gasteiger partial charge is 0.317 e. The number of nitrogens with one attached hydrogen (secondary N) is 2. The van der Waals surface area contributed by atoms with Crippen LogP contribution < -0.4 is 11.0 Å². The molecule has 126 valence electrons. The Balaban J connectivity index is 4.71. The Kier molecular flexibility index (Phi) is 9.20. The van der Waals surface area contributed by atoms with Crippen LogP contribution in [0.25, 0.3) is 0 Å². The molecule has 0 aliphatic heterocycles. The van der Waals surface area contributed by atoms with Crippen LogP contribution in [0.4, 0.5) is 0 Å². The maximum atomic E-state index is 11.1. The molecule has 0 aromatic carbocycles. The lowest BCUT2D eigenvalue weighted by Gasteiger charge is -2.26. The van der Waals surface area contributed by atoms with Gasteiger partial charge in [0.1, 0.15) is 6.54 Å². The summed E-state index contributed by atoms with van der Waals surface area (Å²) in [7, 11) is 0. The molecular weight excluding hydrogens is 304 g/mol. The van der Waals surface area contributed by atoms with Crippen molar-refractivity contribution in [1.82, 2.24) is 20.8 Å². The van der Waals surface area contributed by atoms with E-state index >= 15 is 0 Å². The Morgan fingerprint density at radius 3 is 2.00 bits per heavy atom. The number of carboxylic acid groups (broad SMARTS) is 1. The molecule has 0 atom stereocenters. The molecule has 0 radical (unpaired) electrons. The molecule has 0 heterocycles. The zero-order valence-corrected chi connectivity index (χ0v) is 11.6. The molecule has 6 N–H and O–H groups in total. The molecule has 0 saturated heterocycles. The molecular formula is C10H18N4O8. The molecule has 12 nitrogen and oxygen atoms in total. The first-order chi connectivity index (χ1) is 10.3. The van der Waals surface area contributed by atoms with Crippen LogP contribution in [0.3, 0.4) is 0 Å². The number of rotatable bonds is 11. The van der Waals surface area contributed by atoms with Gasteiger partial charge in [0.15, 0.2) is 0 Å². The van der Waals surface area contributed by atoms with Gasteiger partial charge in [-0.1, -0.05) is 0 Å². The van der Waals surface area contributed by atoms with Crippen molar-refractivity contribution in [2.75, 3.05) is 32.7 Å². The van der Waals surface area contributed by atoms with E-state index in [1.54, 1.807) is 0 Å². The van der Waals surface area contributed by atoms with E-state index < -0.39 is 37.4 Å². The zero-order valence-electron chi connectivity index (χ0n) is 11.6. The lowest BCUT2D eigenvalue weighted by atomic mass is 10.4. The molecule has 0 saturated carbocycles. The molecule has 0 aliphatic carbocycles. The van der Waals surface area contributed by atoms with Gasteiger partial charge in [0, 0.05) is 13.1 Å². The number of carbonyl (C=O) groups is 3. The van der Waals surface area contributed by atoms with Crippen LogP contribution in [0.15, 0.2) is 12.5 Å². The molecule has 0 aromatic heterocycles. The van der Waals surface area contributed by atoms with Gasteiger partial charge in [-0.3, -0.25) is 29.7 Å². The van der Waals surface area contributed by atoms with Gasteiger partial charge >= 0.3 is 5.97 Å². The van der Waals surface area contributed by atoms with E-state index in [0.29, 0.717) is 0 Å². The minimum absolute atomic E-state index is 0.0409. The number of carbonyl (C=O) groups excluding carboxylic acids is 2. The molecule has 0 spiro atoms. The van der Waals surface area contributed by atoms with Crippen molar-refractivity contribution in [1.29, 1.82) is 0 Å². The van der Waals surface area contributed by atoms with Crippen LogP contribution in [-0.4, -0.2) is 81.1 Å². The van der Waals surface area contributed by atoms with Crippen molar-refractivity contribution < 1.29 is 40.0 Å². The molecule has 22 heavy (non-hydrogen) atoms. The second kappa shape index (κ2) is 10.3. The van der Waals surface area contributed by atoms with Crippen molar-refractivity contribution in [3.63, 3.8) is 0 Å². The Labute approximate surface area is 125 Å². The van der Waals surface area contributed by atoms with Crippen molar-refractivity contribution in [2.24, 2.45) is 0 Å². The third kappa shape index (κ3) is 8.01. The van der Waals surface area contributed by atoms with Crippen LogP contribution in [-0.2, 0) is 19.3 Å². The highest BCUT2D eigenvalue weighted by atomic mass is 17.1. The fourth-order valence-corrected chi connectivity index (χ4v) is 1.46. The minimum Gasteiger partial charge on any atom is -0.480 e. The zero-order chi connectivity index (χ0) is 17.1. The van der Waals surface area contributed by atoms with Gasteiger partial charge in [0.05, 0.1) is 13.1 Å². The van der Waals surface area contributed by atoms with E-state index in [2.05, 4.69) is 11.5 Å². The number of hydroxylamine groups is 2. The third-order valence-electron chi connectivity index (χ3n) is 2.45. The average Bonchev–Trinajstić information content (AvgIpc) is 2.49. The maximum absolute atomic E-state index is 11.1. The van der Waals surface area contributed by atoms with Gasteiger partial charge in [0.2, 0.25) is 5.88 Å². The summed E-state index contributed by atoms with van der Waals surface area (Å²) < 4.78 is 0. The number of nitrogens with zero attached hydrogens (tertiary/aromatic N) is 2. The molecule has 2 amide bonds. The largest absolute Gasteiger partial charge is 0.480 e. The first kappa shape index (κ1) is 19.6. The number of amides is 2. The van der Waals surface area contributed by atoms with E-state index in [9.17, 15) is 14.4 Å². The van der Waals surface area contributed by atoms with Crippen LogP contribution >= 0.6 is 0 Å². The Bertz CT molecular complexity index is 416. The molecule has 12 heteroatoms. The van der Waals surface area contributed by atoms with E-state index in [1.165, 1.54) is 11.0 Å². The van der Waals surface area contributed by atoms with Gasteiger partial charge in [-0.25, -0.2) is 16.2 Å². The van der Waals surface area contributed by atoms with Crippen molar-refractivity contribution in [2.45, 2.75) is 0 Å². The van der Waals surface area contributed by atoms with Crippen molar-refractivity contribution in [3.05, 3.63) is 12.5 Å². The molecule has 0 fully saturated rings. The second-order valence-electron chi connectivity index (χ2n) is 4.08. The summed E-state index contributed by atoms with van der Waals surface area (Å²) in [6.45, 7) is 1.88. The fourth-order valence-electron chi connectivity index (χ4n) is 1.46. The van der Waals surface area contributed by atoms with E-state index in [-0.39, 0.29) is 19.0 Å². The summed E-state index contributed by atoms with van der Waals surface area (Å²) in [5.74, 6) is -3.16. The third-order valence-corrected chi connectivity index (χ3v) is 2.45. The summed E-state index contributed by atoms with van der Waals surface area (Å²) >= 11 is 0. The maximum Gasteiger partial charge on any atom is 0.317 e. The summed E-state index contributed by atoms with van der Waals surface area (Å²) in [6.07, 6.45) is 0. The SMILES string of the molecule is C=C(OO)N(CCN(CC(=O)O)CC(=O)NO)CC(=O)NO. The van der Waals surface area contributed by atoms with Crippen molar-refractivity contribution in [3.8, 4) is 0 Å². The summed E-state index contributed by atoms with van der Waals surface area (Å²) in [5, 5.41) is 34.2. The summed E-state index contributed by atoms with van der Waals surface area (Å²) in [5.41, 5.74) is 2.74. The lowest BCUT2D eigenvalue weighted by molar-refractivity contribution is -0.224. The number of aliphatic carboxylic acids is 1. The van der Waals surface area contributed by atoms with Crippen molar-refractivity contribution >= 4 is 17.8 Å². The van der Waals surface area contributed by atoms with Gasteiger partial charge < -0.3 is 14.9 Å². The Morgan fingerprint density at radius 1 is 1.00 bits per heavy atom. The predicted octanol–water partition coefficient (Wildman–Crippen LogP) is -2.35. The molecule has 0 bridgehead atoms. The number of hydrogen-bond donors (Lipinski definition) is 6. The van der Waals surface area contributed by atoms with Crippen LogP contribution in [0, 0.1) is 0 Å². The average molecular weight is 322 g/mol. The molecule has 0 rings (SSSR count). The Hall–Kier alpha value is -2.41. The first-order valence-electron chi connectivity index (χ1n) is 5.89. The predicted molar refractivity (Wildman–Crippen MR) is 68.4 cm³/mol. The molecule has 0 aliphatic rings. The van der Waals surface area contributed by atoms with Crippen LogP contribution in [0.2, 0.25) is 0 Å². The monoisotopic (exact) mass is 322 g/mol. The molecule has 0 unspecified atom stereocenters. The van der Waals surface area contributed by atoms with Gasteiger partial charge in [-0.2, -0.15) is 0 Å². The van der Waals surface area contributed by atoms with Gasteiger partial charge in [0.25, 0.3) is 11.8 Å². The van der Waals surface area contributed by atoms with Gasteiger partial charge in [-0.05, 0) is 6.58 Å². The normalized spacial score (nSPS) is 10.0. The van der Waals surface area contributed by atoms with E-state index in [1.807, 2.05) is 0 Å². The van der Waals surface area contributed by atoms with Gasteiger partial charge in [-0.15, -0.1) is 0 Å². The molecule has 0 aromatic rings. The summed E-state index contributed by atoms with van der Waals surface area (Å²) in [6, 6.07) is 0. The first-order valence-corrected chi connectivity index (χ1v) is 5.89. The van der Waals surface area contributed by atoms with Crippen LogP contribution in [0.1, 0.15) is 0 Å². The van der Waals surface area contributed by atoms with Crippen LogP contribution in [0.5, 0.6) is 0 Å². The quantitative estimate of drug-likeness (QED) is 0.105. The number of carboxylic acids is 1. The van der Waals surface area contributed by atoms with E-state index in [4.69, 9.17) is 20.8 Å². The minimum atomic E-state index is -1.21. The second-order valence-corrected chi connectivity index (χ2v) is 4.08. The highest BCUT2D eigenvalue weighted by Gasteiger charge is 2.18. The lowest BCUT2D eigenvalue weighted by Crippen LogP contribution is -2.44.